The zero-order valence-corrected chi connectivity index (χ0v) is 18.4. The van der Waals surface area contributed by atoms with Crippen molar-refractivity contribution in [2.24, 2.45) is 0 Å². The second-order valence-electron chi connectivity index (χ2n) is 8.62. The summed E-state index contributed by atoms with van der Waals surface area (Å²) in [7, 11) is 1.62. The third kappa shape index (κ3) is 4.33. The van der Waals surface area contributed by atoms with Gasteiger partial charge in [-0.2, -0.15) is 0 Å². The Labute approximate surface area is 184 Å². The molecule has 1 amide bonds. The lowest BCUT2D eigenvalue weighted by Crippen LogP contribution is -2.47. The predicted octanol–water partition coefficient (Wildman–Crippen LogP) is 3.01. The summed E-state index contributed by atoms with van der Waals surface area (Å²) < 4.78 is 5.47. The molecular weight excluding hydrogens is 392 g/mol. The number of fused-ring (bicyclic) bond motifs is 1. The van der Waals surface area contributed by atoms with Gasteiger partial charge in [-0.15, -0.1) is 0 Å². The summed E-state index contributed by atoms with van der Waals surface area (Å²) in [4.78, 5) is 16.1. The smallest absolute Gasteiger partial charge is 0.226 e. The number of ether oxygens (including phenoxy) is 1. The lowest BCUT2D eigenvalue weighted by atomic mass is 9.85. The topological polar surface area (TPSA) is 73.2 Å². The number of aliphatic hydroxyl groups is 2. The Kier molecular flexibility index (Phi) is 6.32. The Morgan fingerprint density at radius 1 is 1.23 bits per heavy atom. The second-order valence-corrected chi connectivity index (χ2v) is 8.62. The highest BCUT2D eigenvalue weighted by atomic mass is 16.5. The van der Waals surface area contributed by atoms with Gasteiger partial charge in [-0.1, -0.05) is 37.3 Å². The standard InChI is InChI=1S/C25H32N2O4/c1-3-24(29)27-14-11-18-15-19(9-10-21(18)27)22(28)16-26-13-6-12-25(30,17-26)20-7-4-5-8-23(20)31-2/h4-5,7-10,15,22,28,30H,3,6,11-14,16-17H2,1-2H3/t22-,25+/m1/s1. The van der Waals surface area contributed by atoms with Gasteiger partial charge in [0.1, 0.15) is 11.4 Å². The molecule has 0 radical (unpaired) electrons. The maximum atomic E-state index is 12.1. The molecule has 0 spiro atoms. The summed E-state index contributed by atoms with van der Waals surface area (Å²) in [5.74, 6) is 0.827. The minimum atomic E-state index is -0.997. The highest BCUT2D eigenvalue weighted by molar-refractivity contribution is 5.95. The highest BCUT2D eigenvalue weighted by Gasteiger charge is 2.37. The Balaban J connectivity index is 1.47. The van der Waals surface area contributed by atoms with E-state index >= 15 is 0 Å². The predicted molar refractivity (Wildman–Crippen MR) is 120 cm³/mol. The molecule has 0 aromatic heterocycles. The van der Waals surface area contributed by atoms with Gasteiger partial charge < -0.3 is 19.8 Å². The molecule has 2 atom stereocenters. The van der Waals surface area contributed by atoms with Crippen LogP contribution in [0.3, 0.4) is 0 Å². The fourth-order valence-corrected chi connectivity index (χ4v) is 4.96. The van der Waals surface area contributed by atoms with Gasteiger partial charge in [0, 0.05) is 37.3 Å². The van der Waals surface area contributed by atoms with E-state index in [9.17, 15) is 15.0 Å². The quantitative estimate of drug-likeness (QED) is 0.746. The Bertz CT molecular complexity index is 947. The minimum Gasteiger partial charge on any atom is -0.496 e. The molecule has 0 saturated carbocycles. The SMILES string of the molecule is CCC(=O)N1CCc2cc([C@H](O)CN3CCC[C@@](O)(c4ccccc4OC)C3)ccc21. The van der Waals surface area contributed by atoms with Crippen molar-refractivity contribution in [1.29, 1.82) is 0 Å². The molecule has 0 unspecified atom stereocenters. The first kappa shape index (κ1) is 21.8. The van der Waals surface area contributed by atoms with Gasteiger partial charge in [0.2, 0.25) is 5.91 Å². The molecule has 6 nitrogen and oxygen atoms in total. The summed E-state index contributed by atoms with van der Waals surface area (Å²) in [5, 5.41) is 22.3. The Hall–Kier alpha value is -2.41. The van der Waals surface area contributed by atoms with Crippen LogP contribution in [0.4, 0.5) is 5.69 Å². The number of rotatable bonds is 6. The number of carbonyl (C=O) groups is 1. The van der Waals surface area contributed by atoms with Gasteiger partial charge in [0.25, 0.3) is 0 Å². The number of aliphatic hydroxyl groups excluding tert-OH is 1. The van der Waals surface area contributed by atoms with Crippen molar-refractivity contribution in [3.63, 3.8) is 0 Å². The molecule has 2 aromatic carbocycles. The van der Waals surface area contributed by atoms with Crippen molar-refractivity contribution in [3.05, 3.63) is 59.2 Å². The van der Waals surface area contributed by atoms with E-state index in [0.29, 0.717) is 38.2 Å². The van der Waals surface area contributed by atoms with Crippen LogP contribution in [0.1, 0.15) is 49.0 Å². The maximum Gasteiger partial charge on any atom is 0.226 e. The molecule has 1 saturated heterocycles. The summed E-state index contributed by atoms with van der Waals surface area (Å²) >= 11 is 0. The molecular formula is C25H32N2O4. The van der Waals surface area contributed by atoms with Crippen LogP contribution in [0.25, 0.3) is 0 Å². The molecule has 6 heteroatoms. The maximum absolute atomic E-state index is 12.1. The number of amides is 1. The molecule has 1 fully saturated rings. The van der Waals surface area contributed by atoms with Gasteiger partial charge in [-0.05, 0) is 49.1 Å². The third-order valence-electron chi connectivity index (χ3n) is 6.58. The van der Waals surface area contributed by atoms with Crippen LogP contribution in [0.15, 0.2) is 42.5 Å². The molecule has 2 aliphatic heterocycles. The number of piperidine rings is 1. The first-order valence-corrected chi connectivity index (χ1v) is 11.1. The number of nitrogens with zero attached hydrogens (tertiary/aromatic N) is 2. The summed E-state index contributed by atoms with van der Waals surface area (Å²) in [6, 6.07) is 13.5. The van der Waals surface area contributed by atoms with Crippen LogP contribution in [-0.4, -0.2) is 54.3 Å². The van der Waals surface area contributed by atoms with E-state index in [2.05, 4.69) is 4.90 Å². The number of para-hydroxylation sites is 1. The average molecular weight is 425 g/mol. The fourth-order valence-electron chi connectivity index (χ4n) is 4.96. The van der Waals surface area contributed by atoms with Crippen molar-refractivity contribution >= 4 is 11.6 Å². The number of anilines is 1. The van der Waals surface area contributed by atoms with E-state index in [1.54, 1.807) is 7.11 Å². The van der Waals surface area contributed by atoms with Gasteiger partial charge in [-0.3, -0.25) is 9.69 Å². The molecule has 2 aliphatic rings. The minimum absolute atomic E-state index is 0.135. The zero-order valence-electron chi connectivity index (χ0n) is 18.4. The van der Waals surface area contributed by atoms with Crippen molar-refractivity contribution in [2.75, 3.05) is 38.2 Å². The van der Waals surface area contributed by atoms with Gasteiger partial charge in [-0.25, -0.2) is 0 Å². The third-order valence-corrected chi connectivity index (χ3v) is 6.58. The van der Waals surface area contributed by atoms with E-state index in [1.807, 2.05) is 54.3 Å². The largest absolute Gasteiger partial charge is 0.496 e. The molecule has 0 aliphatic carbocycles. The highest BCUT2D eigenvalue weighted by Crippen LogP contribution is 2.37. The van der Waals surface area contributed by atoms with Crippen LogP contribution < -0.4 is 9.64 Å². The average Bonchev–Trinajstić information content (AvgIpc) is 3.22. The number of carbonyl (C=O) groups excluding carboxylic acids is 1. The van der Waals surface area contributed by atoms with E-state index < -0.39 is 11.7 Å². The van der Waals surface area contributed by atoms with Crippen LogP contribution >= 0.6 is 0 Å². The van der Waals surface area contributed by atoms with Crippen molar-refractivity contribution in [2.45, 2.75) is 44.3 Å². The molecule has 2 N–H and O–H groups in total. The van der Waals surface area contributed by atoms with Crippen LogP contribution in [0, 0.1) is 0 Å². The number of β-amino-alcohol motifs (C(OH)–C–C–N with tert-alkyl or cyclic N) is 2. The molecule has 0 bridgehead atoms. The molecule has 31 heavy (non-hydrogen) atoms. The van der Waals surface area contributed by atoms with E-state index in [4.69, 9.17) is 4.74 Å². The molecule has 4 rings (SSSR count). The summed E-state index contributed by atoms with van der Waals surface area (Å²) in [5.41, 5.74) is 2.74. The van der Waals surface area contributed by atoms with Crippen LogP contribution in [0.2, 0.25) is 0 Å². The van der Waals surface area contributed by atoms with Crippen molar-refractivity contribution in [3.8, 4) is 5.75 Å². The number of hydrogen-bond donors (Lipinski definition) is 2. The van der Waals surface area contributed by atoms with E-state index in [-0.39, 0.29) is 5.91 Å². The normalized spacial score (nSPS) is 22.3. The van der Waals surface area contributed by atoms with Crippen LogP contribution in [0.5, 0.6) is 5.75 Å². The van der Waals surface area contributed by atoms with Crippen molar-refractivity contribution < 1.29 is 19.7 Å². The number of methoxy groups -OCH3 is 1. The second kappa shape index (κ2) is 8.99. The molecule has 166 valence electrons. The van der Waals surface area contributed by atoms with Gasteiger partial charge in [0.05, 0.1) is 13.2 Å². The van der Waals surface area contributed by atoms with Gasteiger partial charge >= 0.3 is 0 Å². The number of likely N-dealkylation sites (tertiary alicyclic amines) is 1. The first-order valence-electron chi connectivity index (χ1n) is 11.1. The lowest BCUT2D eigenvalue weighted by molar-refractivity contribution is -0.118. The molecule has 2 heterocycles. The van der Waals surface area contributed by atoms with Crippen LogP contribution in [-0.2, 0) is 16.8 Å². The monoisotopic (exact) mass is 424 g/mol. The fraction of sp³-hybridized carbons (Fsp3) is 0.480. The first-order chi connectivity index (χ1) is 14.9. The summed E-state index contributed by atoms with van der Waals surface area (Å²) in [6.07, 6.45) is 2.17. The number of hydrogen-bond acceptors (Lipinski definition) is 5. The van der Waals surface area contributed by atoms with Gasteiger partial charge in [0.15, 0.2) is 0 Å². The van der Waals surface area contributed by atoms with Crippen molar-refractivity contribution in [1.82, 2.24) is 4.90 Å². The zero-order chi connectivity index (χ0) is 22.0. The van der Waals surface area contributed by atoms with E-state index in [1.165, 1.54) is 0 Å². The molecule has 2 aromatic rings. The summed E-state index contributed by atoms with van der Waals surface area (Å²) in [6.45, 7) is 4.32. The number of benzene rings is 2. The van der Waals surface area contributed by atoms with E-state index in [0.717, 1.165) is 41.8 Å². The lowest BCUT2D eigenvalue weighted by Gasteiger charge is -2.40. The Morgan fingerprint density at radius 3 is 2.81 bits per heavy atom. The Morgan fingerprint density at radius 2 is 2.03 bits per heavy atom.